The number of hydrogen-bond acceptors (Lipinski definition) is 1. The van der Waals surface area contributed by atoms with Crippen LogP contribution in [0.5, 0.6) is 0 Å². The van der Waals surface area contributed by atoms with Crippen LogP contribution in [0, 0.1) is 0 Å². The molecule has 1 aliphatic heterocycles. The summed E-state index contributed by atoms with van der Waals surface area (Å²) >= 11 is 1.86. The van der Waals surface area contributed by atoms with Gasteiger partial charge in [-0.25, -0.2) is 4.58 Å². The summed E-state index contributed by atoms with van der Waals surface area (Å²) in [6.07, 6.45) is 6.98. The molecule has 0 amide bonds. The van der Waals surface area contributed by atoms with Crippen molar-refractivity contribution < 1.29 is 28.6 Å². The van der Waals surface area contributed by atoms with E-state index in [9.17, 15) is 0 Å². The van der Waals surface area contributed by atoms with E-state index in [-0.39, 0.29) is 24.0 Å². The van der Waals surface area contributed by atoms with Crippen molar-refractivity contribution in [3.63, 3.8) is 0 Å². The first-order valence-corrected chi connectivity index (χ1v) is 7.35. The molecule has 0 atom stereocenters. The molecule has 4 heteroatoms. The predicted molar refractivity (Wildman–Crippen MR) is 75.2 cm³/mol. The van der Waals surface area contributed by atoms with Crippen molar-refractivity contribution in [3.8, 4) is 0 Å². The number of rotatable bonds is 1. The number of nitrogens with one attached hydrogen (secondary N) is 1. The zero-order chi connectivity index (χ0) is 11.7. The third-order valence-corrected chi connectivity index (χ3v) is 4.27. The largest absolute Gasteiger partial charge is 1.00 e. The maximum Gasteiger partial charge on any atom is 0.243 e. The number of aromatic amines is 1. The lowest BCUT2D eigenvalue weighted by Crippen LogP contribution is -3.00. The summed E-state index contributed by atoms with van der Waals surface area (Å²) in [7, 11) is 0. The molecule has 0 unspecified atom stereocenters. The SMILES string of the molecule is CSC(c1c[nH]c2ccccc12)=[N+]1CCCC1.[I-]. The average molecular weight is 372 g/mol. The number of aromatic nitrogens is 1. The highest BCUT2D eigenvalue weighted by molar-refractivity contribution is 8.13. The van der Waals surface area contributed by atoms with Gasteiger partial charge in [0.25, 0.3) is 0 Å². The standard InChI is InChI=1S/C14H16N2S.HI/c1-17-14(16-8-4-5-9-16)12-10-15-13-7-3-2-6-11(12)13;/h2-3,6-7,10H,4-5,8-9H2,1H3;1H. The summed E-state index contributed by atoms with van der Waals surface area (Å²) in [5.74, 6) is 0. The van der Waals surface area contributed by atoms with Gasteiger partial charge in [0.15, 0.2) is 0 Å². The van der Waals surface area contributed by atoms with Crippen LogP contribution >= 0.6 is 11.8 Å². The van der Waals surface area contributed by atoms with E-state index < -0.39 is 0 Å². The Hall–Kier alpha value is -0.490. The lowest BCUT2D eigenvalue weighted by Gasteiger charge is -2.01. The van der Waals surface area contributed by atoms with Crippen LogP contribution in [0.4, 0.5) is 0 Å². The number of para-hydroxylation sites is 1. The summed E-state index contributed by atoms with van der Waals surface area (Å²) < 4.78 is 2.51. The fourth-order valence-electron chi connectivity index (χ4n) is 2.58. The highest BCUT2D eigenvalue weighted by atomic mass is 127. The highest BCUT2D eigenvalue weighted by Crippen LogP contribution is 2.23. The lowest BCUT2D eigenvalue weighted by atomic mass is 10.2. The minimum absolute atomic E-state index is 0. The van der Waals surface area contributed by atoms with Gasteiger partial charge in [-0.15, -0.1) is 0 Å². The molecule has 0 saturated carbocycles. The van der Waals surface area contributed by atoms with Crippen molar-refractivity contribution in [1.82, 2.24) is 4.98 Å². The van der Waals surface area contributed by atoms with Crippen LogP contribution in [0.3, 0.4) is 0 Å². The second kappa shape index (κ2) is 6.10. The molecule has 1 fully saturated rings. The second-order valence-electron chi connectivity index (χ2n) is 4.45. The van der Waals surface area contributed by atoms with Crippen molar-refractivity contribution in [2.75, 3.05) is 19.3 Å². The molecule has 0 bridgehead atoms. The maximum atomic E-state index is 3.37. The molecule has 0 spiro atoms. The van der Waals surface area contributed by atoms with E-state index in [0.717, 1.165) is 0 Å². The van der Waals surface area contributed by atoms with Gasteiger partial charge in [-0.3, -0.25) is 0 Å². The van der Waals surface area contributed by atoms with Crippen molar-refractivity contribution in [1.29, 1.82) is 0 Å². The Balaban J connectivity index is 0.00000120. The Labute approximate surface area is 129 Å². The van der Waals surface area contributed by atoms with E-state index in [1.807, 2.05) is 11.8 Å². The second-order valence-corrected chi connectivity index (χ2v) is 5.25. The number of nitrogens with zero attached hydrogens (tertiary/aromatic N) is 1. The van der Waals surface area contributed by atoms with E-state index in [0.29, 0.717) is 0 Å². The maximum absolute atomic E-state index is 3.37. The van der Waals surface area contributed by atoms with Crippen LogP contribution in [-0.2, 0) is 0 Å². The fraction of sp³-hybridized carbons (Fsp3) is 0.357. The van der Waals surface area contributed by atoms with Gasteiger partial charge in [-0.2, -0.15) is 0 Å². The van der Waals surface area contributed by atoms with Crippen LogP contribution in [0.2, 0.25) is 0 Å². The van der Waals surface area contributed by atoms with E-state index >= 15 is 0 Å². The minimum Gasteiger partial charge on any atom is -1.00 e. The summed E-state index contributed by atoms with van der Waals surface area (Å²) in [5, 5.41) is 2.75. The van der Waals surface area contributed by atoms with Crippen molar-refractivity contribution >= 4 is 27.7 Å². The molecule has 1 aromatic carbocycles. The topological polar surface area (TPSA) is 18.8 Å². The Morgan fingerprint density at radius 1 is 1.22 bits per heavy atom. The van der Waals surface area contributed by atoms with Crippen LogP contribution in [0.15, 0.2) is 30.5 Å². The molecule has 0 aliphatic carbocycles. The molecule has 2 nitrogen and oxygen atoms in total. The lowest BCUT2D eigenvalue weighted by molar-refractivity contribution is -0.502. The number of thioether (sulfide) groups is 1. The molecule has 3 rings (SSSR count). The Kier molecular flexibility index (Phi) is 4.72. The molecule has 18 heavy (non-hydrogen) atoms. The highest BCUT2D eigenvalue weighted by Gasteiger charge is 2.22. The van der Waals surface area contributed by atoms with Gasteiger partial charge in [0.05, 0.1) is 5.56 Å². The molecular formula is C14H17IN2S. The molecule has 2 aromatic rings. The smallest absolute Gasteiger partial charge is 0.243 e. The van der Waals surface area contributed by atoms with E-state index in [2.05, 4.69) is 46.3 Å². The van der Waals surface area contributed by atoms with Crippen molar-refractivity contribution in [2.24, 2.45) is 0 Å². The quantitative estimate of drug-likeness (QED) is 0.427. The molecule has 1 aliphatic rings. The van der Waals surface area contributed by atoms with Gasteiger partial charge in [-0.1, -0.05) is 30.0 Å². The first-order chi connectivity index (χ1) is 8.40. The molecule has 0 radical (unpaired) electrons. The van der Waals surface area contributed by atoms with Gasteiger partial charge in [0.2, 0.25) is 5.04 Å². The van der Waals surface area contributed by atoms with Gasteiger partial charge in [0, 0.05) is 29.9 Å². The normalized spacial score (nSPS) is 14.8. The molecule has 1 N–H and O–H groups in total. The molecule has 96 valence electrons. The number of halogens is 1. The number of benzene rings is 1. The van der Waals surface area contributed by atoms with Gasteiger partial charge in [-0.05, 0) is 12.3 Å². The zero-order valence-corrected chi connectivity index (χ0v) is 13.4. The van der Waals surface area contributed by atoms with Crippen molar-refractivity contribution in [3.05, 3.63) is 36.0 Å². The van der Waals surface area contributed by atoms with E-state index in [1.54, 1.807) is 0 Å². The zero-order valence-electron chi connectivity index (χ0n) is 10.4. The van der Waals surface area contributed by atoms with Crippen LogP contribution < -0.4 is 24.0 Å². The Morgan fingerprint density at radius 3 is 2.67 bits per heavy atom. The first kappa shape index (κ1) is 13.9. The third-order valence-electron chi connectivity index (χ3n) is 3.41. The average Bonchev–Trinajstić information content (AvgIpc) is 3.01. The Morgan fingerprint density at radius 2 is 1.94 bits per heavy atom. The number of H-pyrrole nitrogens is 1. The Bertz CT molecular complexity index is 566. The molecule has 2 heterocycles. The minimum atomic E-state index is 0. The number of hydrogen-bond donors (Lipinski definition) is 1. The monoisotopic (exact) mass is 372 g/mol. The number of fused-ring (bicyclic) bond motifs is 1. The summed E-state index contributed by atoms with van der Waals surface area (Å²) in [6, 6.07) is 8.53. The molecule has 1 aromatic heterocycles. The molecular weight excluding hydrogens is 355 g/mol. The van der Waals surface area contributed by atoms with Gasteiger partial charge >= 0.3 is 0 Å². The predicted octanol–water partition coefficient (Wildman–Crippen LogP) is 0.0878. The van der Waals surface area contributed by atoms with E-state index in [4.69, 9.17) is 0 Å². The summed E-state index contributed by atoms with van der Waals surface area (Å²) in [4.78, 5) is 3.37. The van der Waals surface area contributed by atoms with Crippen LogP contribution in [0.1, 0.15) is 18.4 Å². The fourth-order valence-corrected chi connectivity index (χ4v) is 3.41. The first-order valence-electron chi connectivity index (χ1n) is 6.12. The van der Waals surface area contributed by atoms with Gasteiger partial charge < -0.3 is 29.0 Å². The van der Waals surface area contributed by atoms with Crippen LogP contribution in [0.25, 0.3) is 10.9 Å². The molecule has 1 saturated heterocycles. The van der Waals surface area contributed by atoms with Gasteiger partial charge in [0.1, 0.15) is 13.1 Å². The third kappa shape index (κ3) is 2.45. The van der Waals surface area contributed by atoms with E-state index in [1.165, 1.54) is 47.4 Å². The van der Waals surface area contributed by atoms with Crippen molar-refractivity contribution in [2.45, 2.75) is 12.8 Å². The summed E-state index contributed by atoms with van der Waals surface area (Å²) in [6.45, 7) is 2.41. The van der Waals surface area contributed by atoms with Crippen LogP contribution in [-0.4, -0.2) is 33.9 Å². The summed E-state index contributed by atoms with van der Waals surface area (Å²) in [5.41, 5.74) is 2.59.